The van der Waals surface area contributed by atoms with Crippen molar-refractivity contribution in [3.8, 4) is 0 Å². The summed E-state index contributed by atoms with van der Waals surface area (Å²) in [5, 5.41) is 3.68. The zero-order chi connectivity index (χ0) is 11.9. The lowest BCUT2D eigenvalue weighted by Gasteiger charge is -2.16. The maximum Gasteiger partial charge on any atom is 0.0270 e. The van der Waals surface area contributed by atoms with Crippen molar-refractivity contribution in [3.63, 3.8) is 0 Å². The lowest BCUT2D eigenvalue weighted by Crippen LogP contribution is -2.31. The molecular formula is C14H23N3. The Hall–Kier alpha value is -0.930. The van der Waals surface area contributed by atoms with Crippen molar-refractivity contribution in [1.82, 2.24) is 15.2 Å². The fourth-order valence-corrected chi connectivity index (χ4v) is 2.41. The summed E-state index contributed by atoms with van der Waals surface area (Å²) in [6, 6.07) is 4.91. The van der Waals surface area contributed by atoms with Crippen molar-refractivity contribution in [2.45, 2.75) is 31.7 Å². The number of rotatable bonds is 4. The molecule has 1 N–H and O–H groups in total. The number of likely N-dealkylation sites (tertiary alicyclic amines) is 1. The van der Waals surface area contributed by atoms with E-state index >= 15 is 0 Å². The fraction of sp³-hybridized carbons (Fsp3) is 0.643. The molecule has 0 saturated carbocycles. The van der Waals surface area contributed by atoms with Gasteiger partial charge < -0.3 is 10.2 Å². The standard InChI is InChI=1S/C14H23N3/c1-17-11-2-3-14(7-12-17)16-10-6-13-4-8-15-9-5-13/h4-5,8-9,14,16H,2-3,6-7,10-12H2,1H3. The van der Waals surface area contributed by atoms with Crippen LogP contribution in [0.2, 0.25) is 0 Å². The molecular weight excluding hydrogens is 210 g/mol. The van der Waals surface area contributed by atoms with Crippen LogP contribution in [0.1, 0.15) is 24.8 Å². The topological polar surface area (TPSA) is 28.2 Å². The average Bonchev–Trinajstić information content (AvgIpc) is 2.56. The molecule has 1 aliphatic heterocycles. The molecule has 0 aliphatic carbocycles. The van der Waals surface area contributed by atoms with Crippen LogP contribution in [-0.2, 0) is 6.42 Å². The van der Waals surface area contributed by atoms with E-state index in [9.17, 15) is 0 Å². The molecule has 2 heterocycles. The normalized spacial score (nSPS) is 22.3. The van der Waals surface area contributed by atoms with Crippen LogP contribution in [0.4, 0.5) is 0 Å². The average molecular weight is 233 g/mol. The highest BCUT2D eigenvalue weighted by Gasteiger charge is 2.13. The highest BCUT2D eigenvalue weighted by molar-refractivity contribution is 5.09. The van der Waals surface area contributed by atoms with E-state index in [0.717, 1.165) is 13.0 Å². The summed E-state index contributed by atoms with van der Waals surface area (Å²) in [4.78, 5) is 6.47. The molecule has 0 radical (unpaired) electrons. The van der Waals surface area contributed by atoms with Crippen LogP contribution in [0.25, 0.3) is 0 Å². The zero-order valence-electron chi connectivity index (χ0n) is 10.7. The Bertz CT molecular complexity index is 313. The van der Waals surface area contributed by atoms with Gasteiger partial charge in [0.15, 0.2) is 0 Å². The second-order valence-electron chi connectivity index (χ2n) is 4.99. The van der Waals surface area contributed by atoms with Gasteiger partial charge in [0, 0.05) is 18.4 Å². The van der Waals surface area contributed by atoms with E-state index < -0.39 is 0 Å². The van der Waals surface area contributed by atoms with Crippen molar-refractivity contribution in [2.75, 3.05) is 26.7 Å². The van der Waals surface area contributed by atoms with E-state index in [1.165, 1.54) is 37.9 Å². The molecule has 0 bridgehead atoms. The lowest BCUT2D eigenvalue weighted by atomic mass is 10.1. The van der Waals surface area contributed by atoms with Crippen LogP contribution in [0.3, 0.4) is 0 Å². The molecule has 0 aromatic carbocycles. The third-order valence-corrected chi connectivity index (χ3v) is 3.55. The van der Waals surface area contributed by atoms with Gasteiger partial charge in [-0.1, -0.05) is 0 Å². The first-order valence-electron chi connectivity index (χ1n) is 6.65. The van der Waals surface area contributed by atoms with Gasteiger partial charge >= 0.3 is 0 Å². The van der Waals surface area contributed by atoms with Gasteiger partial charge in [0.2, 0.25) is 0 Å². The highest BCUT2D eigenvalue weighted by atomic mass is 15.1. The predicted molar refractivity (Wildman–Crippen MR) is 71.1 cm³/mol. The van der Waals surface area contributed by atoms with Crippen LogP contribution < -0.4 is 5.32 Å². The summed E-state index contributed by atoms with van der Waals surface area (Å²) in [7, 11) is 2.22. The SMILES string of the molecule is CN1CCCC(NCCc2ccncc2)CC1. The van der Waals surface area contributed by atoms with Crippen molar-refractivity contribution in [1.29, 1.82) is 0 Å². The minimum Gasteiger partial charge on any atom is -0.314 e. The second kappa shape index (κ2) is 6.72. The monoisotopic (exact) mass is 233 g/mol. The minimum atomic E-state index is 0.710. The number of nitrogens with one attached hydrogen (secondary N) is 1. The van der Waals surface area contributed by atoms with Crippen molar-refractivity contribution in [3.05, 3.63) is 30.1 Å². The molecule has 1 unspecified atom stereocenters. The van der Waals surface area contributed by atoms with Gasteiger partial charge in [-0.05, 0) is 70.1 Å². The first-order chi connectivity index (χ1) is 8.34. The molecule has 1 fully saturated rings. The minimum absolute atomic E-state index is 0.710. The van der Waals surface area contributed by atoms with Crippen LogP contribution in [0, 0.1) is 0 Å². The number of nitrogens with zero attached hydrogens (tertiary/aromatic N) is 2. The first-order valence-corrected chi connectivity index (χ1v) is 6.65. The maximum absolute atomic E-state index is 4.04. The molecule has 1 aliphatic rings. The Kier molecular flexibility index (Phi) is 4.95. The molecule has 3 nitrogen and oxygen atoms in total. The third kappa shape index (κ3) is 4.44. The molecule has 3 heteroatoms. The van der Waals surface area contributed by atoms with E-state index in [2.05, 4.69) is 34.4 Å². The summed E-state index contributed by atoms with van der Waals surface area (Å²) < 4.78 is 0. The van der Waals surface area contributed by atoms with E-state index in [1.807, 2.05) is 12.4 Å². The summed E-state index contributed by atoms with van der Waals surface area (Å²) in [6.45, 7) is 3.56. The number of pyridine rings is 1. The van der Waals surface area contributed by atoms with Gasteiger partial charge in [0.05, 0.1) is 0 Å². The molecule has 0 spiro atoms. The molecule has 94 valence electrons. The van der Waals surface area contributed by atoms with Crippen molar-refractivity contribution in [2.24, 2.45) is 0 Å². The second-order valence-corrected chi connectivity index (χ2v) is 4.99. The quantitative estimate of drug-likeness (QED) is 0.858. The molecule has 2 rings (SSSR count). The summed E-state index contributed by atoms with van der Waals surface area (Å²) in [5.41, 5.74) is 1.37. The van der Waals surface area contributed by atoms with Crippen LogP contribution in [0.15, 0.2) is 24.5 Å². The largest absolute Gasteiger partial charge is 0.314 e. The predicted octanol–water partition coefficient (Wildman–Crippen LogP) is 1.70. The smallest absolute Gasteiger partial charge is 0.0270 e. The van der Waals surface area contributed by atoms with Gasteiger partial charge in [0.1, 0.15) is 0 Å². The molecule has 0 amide bonds. The van der Waals surface area contributed by atoms with Crippen LogP contribution in [0.5, 0.6) is 0 Å². The Morgan fingerprint density at radius 2 is 2.12 bits per heavy atom. The van der Waals surface area contributed by atoms with E-state index in [4.69, 9.17) is 0 Å². The molecule has 17 heavy (non-hydrogen) atoms. The Labute approximate surface area is 104 Å². The highest BCUT2D eigenvalue weighted by Crippen LogP contribution is 2.09. The summed E-state index contributed by atoms with van der Waals surface area (Å²) in [6.07, 6.45) is 8.78. The number of aromatic nitrogens is 1. The molecule has 1 atom stereocenters. The Balaban J connectivity index is 1.68. The van der Waals surface area contributed by atoms with Crippen LogP contribution in [-0.4, -0.2) is 42.6 Å². The van der Waals surface area contributed by atoms with Crippen molar-refractivity contribution >= 4 is 0 Å². The third-order valence-electron chi connectivity index (χ3n) is 3.55. The van der Waals surface area contributed by atoms with Crippen molar-refractivity contribution < 1.29 is 0 Å². The Morgan fingerprint density at radius 1 is 1.29 bits per heavy atom. The van der Waals surface area contributed by atoms with Gasteiger partial charge in [-0.25, -0.2) is 0 Å². The van der Waals surface area contributed by atoms with E-state index in [1.54, 1.807) is 0 Å². The van der Waals surface area contributed by atoms with Gasteiger partial charge in [0.25, 0.3) is 0 Å². The van der Waals surface area contributed by atoms with Gasteiger partial charge in [-0.15, -0.1) is 0 Å². The first kappa shape index (κ1) is 12.5. The van der Waals surface area contributed by atoms with E-state index in [0.29, 0.717) is 6.04 Å². The fourth-order valence-electron chi connectivity index (χ4n) is 2.41. The van der Waals surface area contributed by atoms with E-state index in [-0.39, 0.29) is 0 Å². The zero-order valence-corrected chi connectivity index (χ0v) is 10.7. The number of hydrogen-bond acceptors (Lipinski definition) is 3. The summed E-state index contributed by atoms with van der Waals surface area (Å²) >= 11 is 0. The molecule has 1 saturated heterocycles. The molecule has 1 aromatic heterocycles. The van der Waals surface area contributed by atoms with Gasteiger partial charge in [-0.2, -0.15) is 0 Å². The number of hydrogen-bond donors (Lipinski definition) is 1. The lowest BCUT2D eigenvalue weighted by molar-refractivity contribution is 0.344. The summed E-state index contributed by atoms with van der Waals surface area (Å²) in [5.74, 6) is 0. The maximum atomic E-state index is 4.04. The van der Waals surface area contributed by atoms with Crippen LogP contribution >= 0.6 is 0 Å². The van der Waals surface area contributed by atoms with Gasteiger partial charge in [-0.3, -0.25) is 4.98 Å². The Morgan fingerprint density at radius 3 is 2.94 bits per heavy atom. The molecule has 1 aromatic rings.